The molecule has 1 aliphatic rings. The molecule has 1 amide bonds. The first-order valence-electron chi connectivity index (χ1n) is 8.19. The Bertz CT molecular complexity index is 313. The van der Waals surface area contributed by atoms with Crippen LogP contribution in [0.15, 0.2) is 0 Å². The highest BCUT2D eigenvalue weighted by Gasteiger charge is 2.34. The molecule has 5 nitrogen and oxygen atoms in total. The number of aliphatic hydroxyl groups is 1. The normalized spacial score (nSPS) is 26.6. The maximum absolute atomic E-state index is 12.7. The van der Waals surface area contributed by atoms with E-state index in [1.54, 1.807) is 0 Å². The van der Waals surface area contributed by atoms with E-state index in [9.17, 15) is 4.79 Å². The van der Waals surface area contributed by atoms with Crippen molar-refractivity contribution in [3.05, 3.63) is 0 Å². The molecule has 0 aliphatic carbocycles. The molecule has 1 saturated heterocycles. The van der Waals surface area contributed by atoms with Crippen LogP contribution in [0.3, 0.4) is 0 Å². The molecular formula is C16H32N2O3. The summed E-state index contributed by atoms with van der Waals surface area (Å²) in [5.41, 5.74) is 0. The minimum atomic E-state index is -0.133. The number of nitrogens with one attached hydrogen (secondary N) is 1. The summed E-state index contributed by atoms with van der Waals surface area (Å²) >= 11 is 0. The Kier molecular flexibility index (Phi) is 7.63. The molecule has 4 atom stereocenters. The van der Waals surface area contributed by atoms with Gasteiger partial charge in [-0.15, -0.1) is 0 Å². The van der Waals surface area contributed by atoms with Crippen LogP contribution in [0.2, 0.25) is 0 Å². The summed E-state index contributed by atoms with van der Waals surface area (Å²) in [6, 6.07) is -0.0776. The second kappa shape index (κ2) is 8.71. The van der Waals surface area contributed by atoms with Gasteiger partial charge in [-0.25, -0.2) is 0 Å². The minimum Gasteiger partial charge on any atom is -0.396 e. The molecule has 0 saturated carbocycles. The predicted octanol–water partition coefficient (Wildman–Crippen LogP) is 1.40. The van der Waals surface area contributed by atoms with Crippen molar-refractivity contribution in [1.82, 2.24) is 10.2 Å². The van der Waals surface area contributed by atoms with Crippen molar-refractivity contribution in [1.29, 1.82) is 0 Å². The largest absolute Gasteiger partial charge is 0.396 e. The van der Waals surface area contributed by atoms with Crippen LogP contribution in [0.5, 0.6) is 0 Å². The zero-order valence-corrected chi connectivity index (χ0v) is 14.1. The van der Waals surface area contributed by atoms with Gasteiger partial charge in [-0.2, -0.15) is 0 Å². The van der Waals surface area contributed by atoms with Gasteiger partial charge < -0.3 is 15.2 Å². The predicted molar refractivity (Wildman–Crippen MR) is 84.1 cm³/mol. The first-order valence-corrected chi connectivity index (χ1v) is 8.19. The Hall–Kier alpha value is -0.650. The van der Waals surface area contributed by atoms with E-state index in [4.69, 9.17) is 9.84 Å². The molecule has 0 aromatic rings. The molecule has 0 bridgehead atoms. The molecule has 1 rings (SSSR count). The molecule has 2 N–H and O–H groups in total. The second-order valence-electron chi connectivity index (χ2n) is 6.53. The highest BCUT2D eigenvalue weighted by Crippen LogP contribution is 2.19. The maximum Gasteiger partial charge on any atom is 0.237 e. The first kappa shape index (κ1) is 18.4. The minimum absolute atomic E-state index is 0.0552. The van der Waals surface area contributed by atoms with E-state index in [-0.39, 0.29) is 42.7 Å². The van der Waals surface area contributed by atoms with Crippen molar-refractivity contribution in [3.8, 4) is 0 Å². The number of aliphatic hydroxyl groups excluding tert-OH is 1. The summed E-state index contributed by atoms with van der Waals surface area (Å²) in [6.07, 6.45) is 1.76. The second-order valence-corrected chi connectivity index (χ2v) is 6.53. The fourth-order valence-electron chi connectivity index (χ4n) is 3.16. The molecule has 0 aromatic heterocycles. The van der Waals surface area contributed by atoms with Crippen LogP contribution in [0.4, 0.5) is 0 Å². The molecule has 1 heterocycles. The Labute approximate surface area is 129 Å². The smallest absolute Gasteiger partial charge is 0.237 e. The van der Waals surface area contributed by atoms with Crippen molar-refractivity contribution in [2.75, 3.05) is 19.7 Å². The van der Waals surface area contributed by atoms with Gasteiger partial charge in [0.15, 0.2) is 0 Å². The van der Waals surface area contributed by atoms with Crippen LogP contribution in [0.1, 0.15) is 47.5 Å². The lowest BCUT2D eigenvalue weighted by Crippen LogP contribution is -2.58. The van der Waals surface area contributed by atoms with Gasteiger partial charge in [0.25, 0.3) is 0 Å². The van der Waals surface area contributed by atoms with Gasteiger partial charge in [-0.3, -0.25) is 9.69 Å². The molecule has 1 aliphatic heterocycles. The van der Waals surface area contributed by atoms with Crippen LogP contribution >= 0.6 is 0 Å². The van der Waals surface area contributed by atoms with E-state index in [0.29, 0.717) is 6.42 Å². The third kappa shape index (κ3) is 5.57. The summed E-state index contributed by atoms with van der Waals surface area (Å²) < 4.78 is 5.76. The van der Waals surface area contributed by atoms with Crippen LogP contribution < -0.4 is 5.32 Å². The number of hydrogen-bond acceptors (Lipinski definition) is 4. The van der Waals surface area contributed by atoms with Crippen molar-refractivity contribution < 1.29 is 14.6 Å². The number of carbonyl (C=O) groups excluding carboxylic acids is 1. The number of morpholine rings is 1. The van der Waals surface area contributed by atoms with Crippen molar-refractivity contribution >= 4 is 5.91 Å². The highest BCUT2D eigenvalue weighted by atomic mass is 16.5. The zero-order valence-electron chi connectivity index (χ0n) is 14.1. The molecular weight excluding hydrogens is 268 g/mol. The maximum atomic E-state index is 12.7. The summed E-state index contributed by atoms with van der Waals surface area (Å²) in [7, 11) is 0. The van der Waals surface area contributed by atoms with Gasteiger partial charge in [-0.05, 0) is 32.6 Å². The number of hydrogen-bond donors (Lipinski definition) is 2. The van der Waals surface area contributed by atoms with Gasteiger partial charge in [0.05, 0.1) is 18.2 Å². The molecule has 5 heteroatoms. The summed E-state index contributed by atoms with van der Waals surface area (Å²) in [5.74, 6) is 0.320. The van der Waals surface area contributed by atoms with E-state index in [1.165, 1.54) is 0 Å². The number of nitrogens with zero attached hydrogens (tertiary/aromatic N) is 1. The third-order valence-electron chi connectivity index (χ3n) is 4.06. The third-order valence-corrected chi connectivity index (χ3v) is 4.06. The van der Waals surface area contributed by atoms with Gasteiger partial charge in [-0.1, -0.05) is 20.8 Å². The van der Waals surface area contributed by atoms with E-state index in [0.717, 1.165) is 19.5 Å². The quantitative estimate of drug-likeness (QED) is 0.746. The average molecular weight is 300 g/mol. The van der Waals surface area contributed by atoms with Gasteiger partial charge >= 0.3 is 0 Å². The van der Waals surface area contributed by atoms with Gasteiger partial charge in [0, 0.05) is 25.7 Å². The SMILES string of the molecule is CCC(CCO)NC(=O)C(C(C)C)N1CC(C)OC(C)C1. The number of carbonyl (C=O) groups is 1. The Morgan fingerprint density at radius 1 is 1.33 bits per heavy atom. The summed E-state index contributed by atoms with van der Waals surface area (Å²) in [5, 5.41) is 12.2. The number of amides is 1. The number of ether oxygens (including phenoxy) is 1. The van der Waals surface area contributed by atoms with Gasteiger partial charge in [0.1, 0.15) is 0 Å². The standard InChI is InChI=1S/C16H32N2O3/c1-6-14(7-8-19)17-16(20)15(11(2)3)18-9-12(4)21-13(5)10-18/h11-15,19H,6-10H2,1-5H3,(H,17,20). The fraction of sp³-hybridized carbons (Fsp3) is 0.938. The van der Waals surface area contributed by atoms with E-state index in [1.807, 2.05) is 6.92 Å². The fourth-order valence-corrected chi connectivity index (χ4v) is 3.16. The molecule has 0 spiro atoms. The molecule has 1 fully saturated rings. The van der Waals surface area contributed by atoms with Crippen LogP contribution in [-0.4, -0.2) is 59.9 Å². The Morgan fingerprint density at radius 2 is 1.90 bits per heavy atom. The van der Waals surface area contributed by atoms with Crippen molar-refractivity contribution in [2.45, 2.75) is 71.8 Å². The molecule has 21 heavy (non-hydrogen) atoms. The van der Waals surface area contributed by atoms with Crippen molar-refractivity contribution in [2.24, 2.45) is 5.92 Å². The molecule has 0 aromatic carbocycles. The van der Waals surface area contributed by atoms with Crippen molar-refractivity contribution in [3.63, 3.8) is 0 Å². The molecule has 4 unspecified atom stereocenters. The van der Waals surface area contributed by atoms with Crippen LogP contribution in [-0.2, 0) is 9.53 Å². The zero-order chi connectivity index (χ0) is 16.0. The van der Waals surface area contributed by atoms with E-state index >= 15 is 0 Å². The van der Waals surface area contributed by atoms with Gasteiger partial charge in [0.2, 0.25) is 5.91 Å². The lowest BCUT2D eigenvalue weighted by atomic mass is 9.98. The summed E-state index contributed by atoms with van der Waals surface area (Å²) in [4.78, 5) is 14.9. The first-order chi connectivity index (χ1) is 9.88. The Morgan fingerprint density at radius 3 is 2.33 bits per heavy atom. The molecule has 124 valence electrons. The summed E-state index contributed by atoms with van der Waals surface area (Å²) in [6.45, 7) is 12.0. The average Bonchev–Trinajstić information content (AvgIpc) is 2.36. The highest BCUT2D eigenvalue weighted by molar-refractivity contribution is 5.82. The topological polar surface area (TPSA) is 61.8 Å². The monoisotopic (exact) mass is 300 g/mol. The lowest BCUT2D eigenvalue weighted by molar-refractivity contribution is -0.136. The van der Waals surface area contributed by atoms with Crippen LogP contribution in [0, 0.1) is 5.92 Å². The number of rotatable bonds is 7. The van der Waals surface area contributed by atoms with Crippen LogP contribution in [0.25, 0.3) is 0 Å². The molecule has 0 radical (unpaired) electrons. The Balaban J connectivity index is 2.73. The van der Waals surface area contributed by atoms with E-state index < -0.39 is 0 Å². The van der Waals surface area contributed by atoms with E-state index in [2.05, 4.69) is 37.9 Å². The lowest BCUT2D eigenvalue weighted by Gasteiger charge is -2.41.